The van der Waals surface area contributed by atoms with Crippen LogP contribution in [0.3, 0.4) is 0 Å². The number of carbonyl (C=O) groups excluding carboxylic acids is 1. The molecule has 0 spiro atoms. The summed E-state index contributed by atoms with van der Waals surface area (Å²) in [6.45, 7) is 0. The van der Waals surface area contributed by atoms with Crippen molar-refractivity contribution in [3.8, 4) is 5.75 Å². The van der Waals surface area contributed by atoms with Gasteiger partial charge in [0.2, 0.25) is 5.91 Å². The summed E-state index contributed by atoms with van der Waals surface area (Å²) in [5.74, 6) is 0.241. The number of nitro groups is 1. The molecule has 1 amide bonds. The molecule has 1 N–H and O–H groups in total. The smallest absolute Gasteiger partial charge is 0.269 e. The second-order valence-corrected chi connectivity index (χ2v) is 5.95. The molecule has 2 aromatic rings. The Kier molecular flexibility index (Phi) is 4.75. The lowest BCUT2D eigenvalue weighted by Gasteiger charge is -2.14. The van der Waals surface area contributed by atoms with Gasteiger partial charge in [0.1, 0.15) is 5.75 Å². The third-order valence-corrected chi connectivity index (χ3v) is 4.24. The first-order valence-electron chi connectivity index (χ1n) is 7.15. The maximum Gasteiger partial charge on any atom is 0.269 e. The topological polar surface area (TPSA) is 108 Å². The number of anilines is 1. The highest BCUT2D eigenvalue weighted by Crippen LogP contribution is 2.28. The van der Waals surface area contributed by atoms with E-state index in [4.69, 9.17) is 0 Å². The fourth-order valence-corrected chi connectivity index (χ4v) is 2.94. The number of non-ortho nitro benzene ring substituents is 1. The summed E-state index contributed by atoms with van der Waals surface area (Å²) >= 11 is 1.26. The number of nitrogens with zero attached hydrogens (tertiary/aromatic N) is 4. The minimum absolute atomic E-state index is 0.00101. The molecule has 0 aliphatic carbocycles. The monoisotopic (exact) mass is 356 g/mol. The minimum atomic E-state index is -0.475. The van der Waals surface area contributed by atoms with Crippen molar-refractivity contribution in [1.82, 2.24) is 0 Å². The average Bonchev–Trinajstić information content (AvgIpc) is 2.97. The first kappa shape index (κ1) is 16.7. The maximum absolute atomic E-state index is 12.1. The van der Waals surface area contributed by atoms with Gasteiger partial charge in [0.15, 0.2) is 5.17 Å². The molecule has 3 rings (SSSR count). The standard InChI is InChI=1S/C16H12N4O4S/c21-14-7-5-12(6-8-14)19-15(22)10-25-16(19)18-17-9-11-1-3-13(4-2-11)20(23)24/h1-9,21H,10H2/b17-9-,18-16+. The zero-order valence-electron chi connectivity index (χ0n) is 12.8. The van der Waals surface area contributed by atoms with E-state index in [2.05, 4.69) is 10.2 Å². The molecule has 8 nitrogen and oxygen atoms in total. The van der Waals surface area contributed by atoms with Crippen LogP contribution in [-0.2, 0) is 4.79 Å². The van der Waals surface area contributed by atoms with Crippen LogP contribution in [0.5, 0.6) is 5.75 Å². The molecule has 0 bridgehead atoms. The molecular weight excluding hydrogens is 344 g/mol. The Morgan fingerprint density at radius 2 is 1.84 bits per heavy atom. The number of amidine groups is 1. The number of phenolic OH excluding ortho intramolecular Hbond substituents is 1. The molecule has 1 aliphatic rings. The van der Waals surface area contributed by atoms with Crippen LogP contribution in [-0.4, -0.2) is 33.1 Å². The van der Waals surface area contributed by atoms with E-state index < -0.39 is 4.92 Å². The quantitative estimate of drug-likeness (QED) is 0.515. The normalized spacial score (nSPS) is 16.1. The van der Waals surface area contributed by atoms with Crippen molar-refractivity contribution in [2.45, 2.75) is 0 Å². The van der Waals surface area contributed by atoms with Crippen LogP contribution < -0.4 is 4.90 Å². The Morgan fingerprint density at radius 1 is 1.16 bits per heavy atom. The molecule has 0 saturated carbocycles. The average molecular weight is 356 g/mol. The summed E-state index contributed by atoms with van der Waals surface area (Å²) in [5.41, 5.74) is 1.25. The largest absolute Gasteiger partial charge is 0.508 e. The Morgan fingerprint density at radius 3 is 2.48 bits per heavy atom. The molecule has 0 radical (unpaired) electrons. The molecule has 0 unspecified atom stereocenters. The van der Waals surface area contributed by atoms with Gasteiger partial charge in [-0.2, -0.15) is 5.10 Å². The molecule has 25 heavy (non-hydrogen) atoms. The number of thioether (sulfide) groups is 1. The number of aromatic hydroxyl groups is 1. The fraction of sp³-hybridized carbons (Fsp3) is 0.0625. The Balaban J connectivity index is 1.78. The fourth-order valence-electron chi connectivity index (χ4n) is 2.12. The van der Waals surface area contributed by atoms with E-state index in [1.54, 1.807) is 24.3 Å². The Bertz CT molecular complexity index is 863. The highest BCUT2D eigenvalue weighted by molar-refractivity contribution is 8.15. The van der Waals surface area contributed by atoms with Gasteiger partial charge in [0.25, 0.3) is 5.69 Å². The molecule has 1 fully saturated rings. The van der Waals surface area contributed by atoms with Crippen molar-refractivity contribution in [3.63, 3.8) is 0 Å². The summed E-state index contributed by atoms with van der Waals surface area (Å²) in [6.07, 6.45) is 1.45. The van der Waals surface area contributed by atoms with Crippen molar-refractivity contribution >= 4 is 40.4 Å². The molecule has 0 aromatic heterocycles. The maximum atomic E-state index is 12.1. The van der Waals surface area contributed by atoms with E-state index in [0.29, 0.717) is 16.4 Å². The van der Waals surface area contributed by atoms with Crippen LogP contribution >= 0.6 is 11.8 Å². The second-order valence-electron chi connectivity index (χ2n) is 5.01. The van der Waals surface area contributed by atoms with Gasteiger partial charge in [0.05, 0.1) is 22.6 Å². The van der Waals surface area contributed by atoms with Crippen molar-refractivity contribution in [1.29, 1.82) is 0 Å². The molecule has 9 heteroatoms. The molecule has 1 heterocycles. The van der Waals surface area contributed by atoms with Crippen molar-refractivity contribution in [3.05, 3.63) is 64.2 Å². The van der Waals surface area contributed by atoms with Gasteiger partial charge in [-0.05, 0) is 42.0 Å². The zero-order valence-corrected chi connectivity index (χ0v) is 13.6. The number of phenols is 1. The molecule has 1 aliphatic heterocycles. The predicted molar refractivity (Wildman–Crippen MR) is 96.2 cm³/mol. The number of hydrogen-bond acceptors (Lipinski definition) is 7. The third kappa shape index (κ3) is 3.83. The van der Waals surface area contributed by atoms with Crippen LogP contribution in [0.1, 0.15) is 5.56 Å². The summed E-state index contributed by atoms with van der Waals surface area (Å²) < 4.78 is 0. The Labute approximate surface area is 146 Å². The number of benzene rings is 2. The molecule has 126 valence electrons. The van der Waals surface area contributed by atoms with Crippen molar-refractivity contribution in [2.24, 2.45) is 10.2 Å². The van der Waals surface area contributed by atoms with Gasteiger partial charge in [-0.15, -0.1) is 5.10 Å². The SMILES string of the molecule is O=C1CS/C(=N/N=C\c2ccc([N+](=O)[O-])cc2)N1c1ccc(O)cc1. The Hall–Kier alpha value is -3.20. The molecular formula is C16H12N4O4S. The zero-order chi connectivity index (χ0) is 17.8. The second kappa shape index (κ2) is 7.14. The van der Waals surface area contributed by atoms with Gasteiger partial charge in [-0.25, -0.2) is 0 Å². The summed E-state index contributed by atoms with van der Waals surface area (Å²) in [7, 11) is 0. The third-order valence-electron chi connectivity index (χ3n) is 3.33. The predicted octanol–water partition coefficient (Wildman–Crippen LogP) is 2.77. The van der Waals surface area contributed by atoms with Crippen LogP contribution in [0.4, 0.5) is 11.4 Å². The first-order chi connectivity index (χ1) is 12.0. The van der Waals surface area contributed by atoms with E-state index in [-0.39, 0.29) is 23.1 Å². The van der Waals surface area contributed by atoms with Crippen LogP contribution in [0.2, 0.25) is 0 Å². The van der Waals surface area contributed by atoms with Crippen LogP contribution in [0.25, 0.3) is 0 Å². The number of carbonyl (C=O) groups is 1. The van der Waals surface area contributed by atoms with Gasteiger partial charge in [-0.1, -0.05) is 11.8 Å². The summed E-state index contributed by atoms with van der Waals surface area (Å²) in [6, 6.07) is 12.1. The van der Waals surface area contributed by atoms with E-state index in [1.807, 2.05) is 0 Å². The van der Waals surface area contributed by atoms with E-state index in [0.717, 1.165) is 0 Å². The number of hydrogen-bond donors (Lipinski definition) is 1. The van der Waals surface area contributed by atoms with Gasteiger partial charge in [-0.3, -0.25) is 19.8 Å². The van der Waals surface area contributed by atoms with Gasteiger partial charge in [0, 0.05) is 12.1 Å². The van der Waals surface area contributed by atoms with Gasteiger partial charge < -0.3 is 5.11 Å². The highest BCUT2D eigenvalue weighted by atomic mass is 32.2. The molecule has 1 saturated heterocycles. The van der Waals surface area contributed by atoms with Crippen LogP contribution in [0, 0.1) is 10.1 Å². The van der Waals surface area contributed by atoms with E-state index in [9.17, 15) is 20.0 Å². The number of amides is 1. The number of nitro benzene ring substituents is 1. The first-order valence-corrected chi connectivity index (χ1v) is 8.13. The van der Waals surface area contributed by atoms with Crippen LogP contribution in [0.15, 0.2) is 58.7 Å². The summed E-state index contributed by atoms with van der Waals surface area (Å²) in [4.78, 5) is 23.6. The molecule has 2 aromatic carbocycles. The number of rotatable bonds is 4. The van der Waals surface area contributed by atoms with Gasteiger partial charge >= 0.3 is 0 Å². The van der Waals surface area contributed by atoms with E-state index >= 15 is 0 Å². The van der Waals surface area contributed by atoms with Crippen molar-refractivity contribution in [2.75, 3.05) is 10.7 Å². The highest BCUT2D eigenvalue weighted by Gasteiger charge is 2.29. The lowest BCUT2D eigenvalue weighted by atomic mass is 10.2. The van der Waals surface area contributed by atoms with E-state index in [1.165, 1.54) is 47.1 Å². The van der Waals surface area contributed by atoms with Crippen molar-refractivity contribution < 1.29 is 14.8 Å². The summed E-state index contributed by atoms with van der Waals surface area (Å²) in [5, 5.41) is 28.4. The minimum Gasteiger partial charge on any atom is -0.508 e. The molecule has 0 atom stereocenters. The lowest BCUT2D eigenvalue weighted by molar-refractivity contribution is -0.384. The lowest BCUT2D eigenvalue weighted by Crippen LogP contribution is -2.28.